The third kappa shape index (κ3) is 5.59. The molecule has 1 heterocycles. The van der Waals surface area contributed by atoms with E-state index in [9.17, 15) is 9.59 Å². The Hall–Kier alpha value is -3.88. The van der Waals surface area contributed by atoms with Crippen molar-refractivity contribution in [2.24, 2.45) is 0 Å². The number of aromatic nitrogens is 2. The van der Waals surface area contributed by atoms with Gasteiger partial charge in [0.1, 0.15) is 12.1 Å². The fraction of sp³-hybridized carbons (Fsp3) is 0.273. The molecule has 3 N–H and O–H groups in total. The van der Waals surface area contributed by atoms with Crippen LogP contribution in [0.4, 0.5) is 11.5 Å². The van der Waals surface area contributed by atoms with Crippen LogP contribution in [0.3, 0.4) is 0 Å². The summed E-state index contributed by atoms with van der Waals surface area (Å²) >= 11 is 0. The Morgan fingerprint density at radius 1 is 0.968 bits per heavy atom. The highest BCUT2D eigenvalue weighted by atomic mass is 16.5. The number of anilines is 2. The fourth-order valence-electron chi connectivity index (χ4n) is 2.87. The molecule has 31 heavy (non-hydrogen) atoms. The van der Waals surface area contributed by atoms with Crippen molar-refractivity contribution in [1.29, 1.82) is 0 Å². The van der Waals surface area contributed by atoms with E-state index < -0.39 is 25.2 Å². The molecule has 0 saturated heterocycles. The lowest BCUT2D eigenvalue weighted by Crippen LogP contribution is -2.13. The minimum atomic E-state index is -1.18. The van der Waals surface area contributed by atoms with Gasteiger partial charge in [-0.25, -0.2) is 19.6 Å². The summed E-state index contributed by atoms with van der Waals surface area (Å²) in [7, 11) is 0. The van der Waals surface area contributed by atoms with E-state index in [-0.39, 0.29) is 16.9 Å². The first-order valence-corrected chi connectivity index (χ1v) is 9.49. The number of ether oxygens (including phenoxy) is 2. The Morgan fingerprint density at radius 2 is 1.61 bits per heavy atom. The van der Waals surface area contributed by atoms with Crippen LogP contribution in [0.15, 0.2) is 42.7 Å². The number of carboxylic acids is 2. The summed E-state index contributed by atoms with van der Waals surface area (Å²) in [5.74, 6) is -1.70. The molecule has 0 unspecified atom stereocenters. The Kier molecular flexibility index (Phi) is 6.24. The molecule has 9 nitrogen and oxygen atoms in total. The van der Waals surface area contributed by atoms with E-state index in [1.54, 1.807) is 0 Å². The van der Waals surface area contributed by atoms with Crippen molar-refractivity contribution in [3.05, 3.63) is 48.3 Å². The van der Waals surface area contributed by atoms with Gasteiger partial charge in [-0.15, -0.1) is 0 Å². The second-order valence-electron chi connectivity index (χ2n) is 7.86. The maximum absolute atomic E-state index is 10.9. The lowest BCUT2D eigenvalue weighted by molar-refractivity contribution is -0.140. The zero-order valence-electron chi connectivity index (χ0n) is 17.4. The van der Waals surface area contributed by atoms with E-state index >= 15 is 0 Å². The number of nitrogens with zero attached hydrogens (tertiary/aromatic N) is 2. The average Bonchev–Trinajstić information content (AvgIpc) is 2.70. The molecule has 0 aliphatic rings. The summed E-state index contributed by atoms with van der Waals surface area (Å²) in [6.07, 6.45) is 1.37. The van der Waals surface area contributed by atoms with Gasteiger partial charge in [0.15, 0.2) is 24.7 Å². The topological polar surface area (TPSA) is 131 Å². The van der Waals surface area contributed by atoms with Gasteiger partial charge >= 0.3 is 11.9 Å². The van der Waals surface area contributed by atoms with E-state index in [1.807, 2.05) is 24.3 Å². The second-order valence-corrected chi connectivity index (χ2v) is 7.86. The fourth-order valence-corrected chi connectivity index (χ4v) is 2.87. The minimum absolute atomic E-state index is 0.0281. The van der Waals surface area contributed by atoms with Crippen molar-refractivity contribution in [3.8, 4) is 11.5 Å². The molecule has 3 aromatic rings. The molecule has 0 saturated carbocycles. The Balaban J connectivity index is 2.01. The predicted octanol–water partition coefficient (Wildman–Crippen LogP) is 3.60. The van der Waals surface area contributed by atoms with Crippen molar-refractivity contribution in [1.82, 2.24) is 9.97 Å². The van der Waals surface area contributed by atoms with Gasteiger partial charge in [-0.3, -0.25) is 0 Å². The Labute approximate surface area is 178 Å². The maximum atomic E-state index is 10.9. The molecule has 3 rings (SSSR count). The number of fused-ring (bicyclic) bond motifs is 1. The van der Waals surface area contributed by atoms with Crippen LogP contribution in [0, 0.1) is 0 Å². The highest BCUT2D eigenvalue weighted by Crippen LogP contribution is 2.35. The Bertz CT molecular complexity index is 1120. The van der Waals surface area contributed by atoms with E-state index in [0.717, 1.165) is 11.3 Å². The van der Waals surface area contributed by atoms with Gasteiger partial charge in [0, 0.05) is 17.1 Å². The number of carbonyl (C=O) groups is 2. The first-order valence-electron chi connectivity index (χ1n) is 9.49. The summed E-state index contributed by atoms with van der Waals surface area (Å²) in [4.78, 5) is 30.3. The number of rotatable bonds is 8. The van der Waals surface area contributed by atoms with Crippen molar-refractivity contribution in [3.63, 3.8) is 0 Å². The summed E-state index contributed by atoms with van der Waals surface area (Å²) in [5.41, 5.74) is 2.42. The summed E-state index contributed by atoms with van der Waals surface area (Å²) in [6, 6.07) is 11.0. The summed E-state index contributed by atoms with van der Waals surface area (Å²) < 4.78 is 10.6. The molecule has 162 valence electrons. The van der Waals surface area contributed by atoms with Crippen LogP contribution < -0.4 is 14.8 Å². The highest BCUT2D eigenvalue weighted by molar-refractivity contribution is 5.93. The molecular formula is C22H23N3O6. The lowest BCUT2D eigenvalue weighted by Gasteiger charge is -2.20. The quantitative estimate of drug-likeness (QED) is 0.495. The van der Waals surface area contributed by atoms with Crippen LogP contribution in [0.1, 0.15) is 26.3 Å². The molecule has 0 atom stereocenters. The standard InChI is InChI=1S/C22H23N3O6/c1-22(2,3)13-5-4-6-14(7-13)25-21-15-8-17(30-10-19(26)27)18(31-11-20(28)29)9-16(15)23-12-24-21/h4-9,12H,10-11H2,1-3H3,(H,26,27)(H,28,29)(H,23,24,25). The zero-order valence-corrected chi connectivity index (χ0v) is 17.4. The van der Waals surface area contributed by atoms with Gasteiger partial charge in [0.05, 0.1) is 5.52 Å². The molecular weight excluding hydrogens is 402 g/mol. The van der Waals surface area contributed by atoms with Gasteiger partial charge in [-0.2, -0.15) is 0 Å². The van der Waals surface area contributed by atoms with Crippen LogP contribution in [-0.4, -0.2) is 45.3 Å². The monoisotopic (exact) mass is 425 g/mol. The highest BCUT2D eigenvalue weighted by Gasteiger charge is 2.16. The van der Waals surface area contributed by atoms with Crippen LogP contribution in [0.5, 0.6) is 11.5 Å². The Morgan fingerprint density at radius 3 is 2.23 bits per heavy atom. The molecule has 0 amide bonds. The van der Waals surface area contributed by atoms with Crippen LogP contribution in [0.2, 0.25) is 0 Å². The van der Waals surface area contributed by atoms with Crippen molar-refractivity contribution >= 4 is 34.3 Å². The van der Waals surface area contributed by atoms with Gasteiger partial charge in [0.2, 0.25) is 0 Å². The third-order valence-corrected chi connectivity index (χ3v) is 4.39. The van der Waals surface area contributed by atoms with E-state index in [1.165, 1.54) is 18.5 Å². The number of carboxylic acid groups (broad SMARTS) is 2. The molecule has 0 aliphatic carbocycles. The van der Waals surface area contributed by atoms with Crippen LogP contribution >= 0.6 is 0 Å². The molecule has 1 aromatic heterocycles. The lowest BCUT2D eigenvalue weighted by atomic mass is 9.87. The number of hydrogen-bond acceptors (Lipinski definition) is 7. The largest absolute Gasteiger partial charge is 0.479 e. The molecule has 2 aromatic carbocycles. The van der Waals surface area contributed by atoms with Gasteiger partial charge < -0.3 is 25.0 Å². The molecule has 0 aliphatic heterocycles. The first-order chi connectivity index (χ1) is 14.6. The third-order valence-electron chi connectivity index (χ3n) is 4.39. The first kappa shape index (κ1) is 21.8. The minimum Gasteiger partial charge on any atom is -0.479 e. The van der Waals surface area contributed by atoms with Crippen LogP contribution in [0.25, 0.3) is 10.9 Å². The second kappa shape index (κ2) is 8.86. The summed E-state index contributed by atoms with van der Waals surface area (Å²) in [5, 5.41) is 21.7. The number of nitrogens with one attached hydrogen (secondary N) is 1. The molecule has 0 bridgehead atoms. The SMILES string of the molecule is CC(C)(C)c1cccc(Nc2ncnc3cc(OCC(=O)O)c(OCC(=O)O)cc23)c1. The van der Waals surface area contributed by atoms with Crippen LogP contribution in [-0.2, 0) is 15.0 Å². The van der Waals surface area contributed by atoms with Crippen molar-refractivity contribution < 1.29 is 29.3 Å². The normalized spacial score (nSPS) is 11.2. The van der Waals surface area contributed by atoms with E-state index in [2.05, 4.69) is 36.1 Å². The average molecular weight is 425 g/mol. The zero-order chi connectivity index (χ0) is 22.6. The molecule has 0 fully saturated rings. The molecule has 9 heteroatoms. The molecule has 0 radical (unpaired) electrons. The van der Waals surface area contributed by atoms with E-state index in [4.69, 9.17) is 19.7 Å². The van der Waals surface area contributed by atoms with Gasteiger partial charge in [-0.1, -0.05) is 32.9 Å². The van der Waals surface area contributed by atoms with Crippen molar-refractivity contribution in [2.45, 2.75) is 26.2 Å². The number of hydrogen-bond donors (Lipinski definition) is 3. The van der Waals surface area contributed by atoms with Crippen molar-refractivity contribution in [2.75, 3.05) is 18.5 Å². The van der Waals surface area contributed by atoms with Gasteiger partial charge in [0.25, 0.3) is 0 Å². The van der Waals surface area contributed by atoms with Gasteiger partial charge in [-0.05, 0) is 29.2 Å². The smallest absolute Gasteiger partial charge is 0.341 e. The molecule has 0 spiro atoms. The predicted molar refractivity (Wildman–Crippen MR) is 114 cm³/mol. The van der Waals surface area contributed by atoms with E-state index in [0.29, 0.717) is 16.7 Å². The summed E-state index contributed by atoms with van der Waals surface area (Å²) in [6.45, 7) is 5.15. The number of aliphatic carboxylic acids is 2. The maximum Gasteiger partial charge on any atom is 0.341 e. The number of benzene rings is 2.